The van der Waals surface area contributed by atoms with Crippen LogP contribution in [0.4, 0.5) is 0 Å². The minimum Gasteiger partial charge on any atom is -0.493 e. The Labute approximate surface area is 115 Å². The number of hydrogen-bond donors (Lipinski definition) is 0. The van der Waals surface area contributed by atoms with Gasteiger partial charge in [0.05, 0.1) is 6.61 Å². The molecule has 0 atom stereocenters. The van der Waals surface area contributed by atoms with Gasteiger partial charge in [-0.15, -0.1) is 11.8 Å². The van der Waals surface area contributed by atoms with E-state index in [9.17, 15) is 0 Å². The van der Waals surface area contributed by atoms with Crippen LogP contribution in [-0.2, 0) is 0 Å². The molecular weight excluding hydrogens is 232 g/mol. The van der Waals surface area contributed by atoms with Crippen LogP contribution in [-0.4, -0.2) is 6.61 Å². The molecular formula is C18H19O. The second-order valence-electron chi connectivity index (χ2n) is 5.20. The van der Waals surface area contributed by atoms with Crippen LogP contribution in [0.25, 0.3) is 0 Å². The predicted octanol–water partition coefficient (Wildman–Crippen LogP) is 4.26. The SMILES string of the molecule is C1#CCCC(c2ccc(OCCC3=C[CH]3)cc2)CC1. The van der Waals surface area contributed by atoms with Gasteiger partial charge in [0.1, 0.15) is 5.75 Å². The van der Waals surface area contributed by atoms with E-state index < -0.39 is 0 Å². The highest BCUT2D eigenvalue weighted by molar-refractivity contribution is 5.38. The van der Waals surface area contributed by atoms with Crippen LogP contribution in [0.1, 0.15) is 43.6 Å². The second-order valence-corrected chi connectivity index (χ2v) is 5.20. The molecule has 0 bridgehead atoms. The fourth-order valence-electron chi connectivity index (χ4n) is 2.50. The van der Waals surface area contributed by atoms with E-state index in [2.05, 4.69) is 48.6 Å². The average molecular weight is 251 g/mol. The fraction of sp³-hybridized carbons (Fsp3) is 0.389. The van der Waals surface area contributed by atoms with Crippen LogP contribution >= 0.6 is 0 Å². The standard InChI is InChI=1S/C18H19O/c1-2-4-6-16(5-3-1)17-9-11-18(12-10-17)19-14-13-15-7-8-15/h7-12,16H,3-6,13-14H2. The van der Waals surface area contributed by atoms with Crippen LogP contribution in [0, 0.1) is 18.3 Å². The van der Waals surface area contributed by atoms with Gasteiger partial charge in [0.25, 0.3) is 0 Å². The van der Waals surface area contributed by atoms with Gasteiger partial charge in [-0.3, -0.25) is 0 Å². The smallest absolute Gasteiger partial charge is 0.119 e. The minimum absolute atomic E-state index is 0.655. The Hall–Kier alpha value is -1.68. The van der Waals surface area contributed by atoms with Crippen molar-refractivity contribution < 1.29 is 4.74 Å². The highest BCUT2D eigenvalue weighted by Gasteiger charge is 2.12. The molecule has 1 heteroatoms. The van der Waals surface area contributed by atoms with Crippen molar-refractivity contribution in [3.05, 3.63) is 47.9 Å². The average Bonchev–Trinajstić information content (AvgIpc) is 3.26. The van der Waals surface area contributed by atoms with Crippen molar-refractivity contribution >= 4 is 0 Å². The first-order valence-electron chi connectivity index (χ1n) is 7.14. The first-order valence-corrected chi connectivity index (χ1v) is 7.14. The highest BCUT2D eigenvalue weighted by atomic mass is 16.5. The van der Waals surface area contributed by atoms with Gasteiger partial charge in [-0.05, 0) is 36.5 Å². The summed E-state index contributed by atoms with van der Waals surface area (Å²) in [6.45, 7) is 0.777. The lowest BCUT2D eigenvalue weighted by Crippen LogP contribution is -1.99. The van der Waals surface area contributed by atoms with Crippen molar-refractivity contribution in [2.24, 2.45) is 0 Å². The maximum Gasteiger partial charge on any atom is 0.119 e. The maximum absolute atomic E-state index is 5.74. The van der Waals surface area contributed by atoms with Crippen LogP contribution in [0.5, 0.6) is 5.75 Å². The molecule has 2 aliphatic rings. The zero-order valence-corrected chi connectivity index (χ0v) is 11.2. The van der Waals surface area contributed by atoms with Gasteiger partial charge in [-0.1, -0.05) is 23.8 Å². The van der Waals surface area contributed by atoms with E-state index in [1.165, 1.54) is 24.0 Å². The van der Waals surface area contributed by atoms with Gasteiger partial charge >= 0.3 is 0 Å². The zero-order valence-electron chi connectivity index (χ0n) is 11.2. The van der Waals surface area contributed by atoms with Crippen molar-refractivity contribution in [2.45, 2.75) is 38.0 Å². The lowest BCUT2D eigenvalue weighted by Gasteiger charge is -2.14. The summed E-state index contributed by atoms with van der Waals surface area (Å²) in [5.74, 6) is 8.08. The molecule has 0 fully saturated rings. The summed E-state index contributed by atoms with van der Waals surface area (Å²) in [6.07, 6.45) is 9.76. The molecule has 2 aliphatic carbocycles. The van der Waals surface area contributed by atoms with E-state index in [1.807, 2.05) is 0 Å². The van der Waals surface area contributed by atoms with Crippen molar-refractivity contribution in [3.63, 3.8) is 0 Å². The highest BCUT2D eigenvalue weighted by Crippen LogP contribution is 2.29. The van der Waals surface area contributed by atoms with Crippen molar-refractivity contribution in [1.29, 1.82) is 0 Å². The largest absolute Gasteiger partial charge is 0.493 e. The maximum atomic E-state index is 5.74. The quantitative estimate of drug-likeness (QED) is 0.710. The third-order valence-electron chi connectivity index (χ3n) is 3.77. The molecule has 0 spiro atoms. The molecule has 3 rings (SSSR count). The molecule has 0 heterocycles. The van der Waals surface area contributed by atoms with Crippen LogP contribution < -0.4 is 4.74 Å². The monoisotopic (exact) mass is 251 g/mol. The third kappa shape index (κ3) is 3.64. The molecule has 0 aromatic heterocycles. The molecule has 0 N–H and O–H groups in total. The summed E-state index contributed by atoms with van der Waals surface area (Å²) < 4.78 is 5.74. The molecule has 0 aliphatic heterocycles. The Morgan fingerprint density at radius 3 is 2.37 bits per heavy atom. The predicted molar refractivity (Wildman–Crippen MR) is 77.9 cm³/mol. The van der Waals surface area contributed by atoms with Crippen molar-refractivity contribution in [1.82, 2.24) is 0 Å². The summed E-state index contributed by atoms with van der Waals surface area (Å²) in [6, 6.07) is 8.64. The first-order chi connectivity index (χ1) is 9.42. The van der Waals surface area contributed by atoms with Crippen LogP contribution in [0.2, 0.25) is 0 Å². The number of benzene rings is 1. The molecule has 1 radical (unpaired) electrons. The second kappa shape index (κ2) is 5.97. The fourth-order valence-corrected chi connectivity index (χ4v) is 2.50. The van der Waals surface area contributed by atoms with Gasteiger partial charge in [0, 0.05) is 25.7 Å². The lowest BCUT2D eigenvalue weighted by molar-refractivity contribution is 0.323. The Bertz CT molecular complexity index is 501. The third-order valence-corrected chi connectivity index (χ3v) is 3.77. The summed E-state index contributed by atoms with van der Waals surface area (Å²) in [4.78, 5) is 0. The zero-order chi connectivity index (χ0) is 12.9. The molecule has 0 unspecified atom stereocenters. The molecule has 1 aromatic rings. The minimum atomic E-state index is 0.655. The molecule has 0 saturated heterocycles. The molecule has 1 aromatic carbocycles. The van der Waals surface area contributed by atoms with Gasteiger partial charge in [-0.2, -0.15) is 0 Å². The molecule has 0 amide bonds. The Kier molecular flexibility index (Phi) is 3.89. The summed E-state index contributed by atoms with van der Waals surface area (Å²) >= 11 is 0. The summed E-state index contributed by atoms with van der Waals surface area (Å²) in [5.41, 5.74) is 2.84. The van der Waals surface area contributed by atoms with Crippen LogP contribution in [0.15, 0.2) is 35.9 Å². The first kappa shape index (κ1) is 12.4. The Balaban J connectivity index is 1.53. The lowest BCUT2D eigenvalue weighted by atomic mass is 9.91. The van der Waals surface area contributed by atoms with E-state index >= 15 is 0 Å². The van der Waals surface area contributed by atoms with E-state index in [-0.39, 0.29) is 0 Å². The van der Waals surface area contributed by atoms with E-state index in [0.29, 0.717) is 5.92 Å². The van der Waals surface area contributed by atoms with Gasteiger partial charge in [-0.25, -0.2) is 0 Å². The number of ether oxygens (including phenoxy) is 1. The van der Waals surface area contributed by atoms with Crippen molar-refractivity contribution in [3.8, 4) is 17.6 Å². The molecule has 97 valence electrons. The summed E-state index contributed by atoms with van der Waals surface area (Å²) in [5, 5.41) is 0. The Morgan fingerprint density at radius 1 is 1.05 bits per heavy atom. The Morgan fingerprint density at radius 2 is 1.74 bits per heavy atom. The van der Waals surface area contributed by atoms with E-state index in [4.69, 9.17) is 4.74 Å². The summed E-state index contributed by atoms with van der Waals surface area (Å²) in [7, 11) is 0. The number of rotatable bonds is 5. The number of allylic oxidation sites excluding steroid dienone is 1. The topological polar surface area (TPSA) is 9.23 Å². The molecule has 1 nitrogen and oxygen atoms in total. The number of hydrogen-bond acceptors (Lipinski definition) is 1. The van der Waals surface area contributed by atoms with Crippen LogP contribution in [0.3, 0.4) is 0 Å². The van der Waals surface area contributed by atoms with Gasteiger partial charge < -0.3 is 4.74 Å². The van der Waals surface area contributed by atoms with Gasteiger partial charge in [0.15, 0.2) is 0 Å². The van der Waals surface area contributed by atoms with Crippen molar-refractivity contribution in [2.75, 3.05) is 6.61 Å². The van der Waals surface area contributed by atoms with Gasteiger partial charge in [0.2, 0.25) is 0 Å². The molecule has 0 saturated carbocycles. The van der Waals surface area contributed by atoms with E-state index in [1.54, 1.807) is 0 Å². The molecule has 19 heavy (non-hydrogen) atoms. The van der Waals surface area contributed by atoms with E-state index in [0.717, 1.165) is 31.6 Å². The normalized spacial score (nSPS) is 18.0.